The van der Waals surface area contributed by atoms with Crippen molar-refractivity contribution in [2.24, 2.45) is 0 Å². The summed E-state index contributed by atoms with van der Waals surface area (Å²) in [5.41, 5.74) is 42.7. The number of aromatic nitrogens is 17. The molecule has 0 amide bonds. The molecule has 18 heterocycles. The van der Waals surface area contributed by atoms with E-state index in [-0.39, 0.29) is 40.6 Å². The molecule has 0 bridgehead atoms. The van der Waals surface area contributed by atoms with Crippen LogP contribution in [0, 0.1) is 17.1 Å². The fourth-order valence-electron chi connectivity index (χ4n) is 15.7. The van der Waals surface area contributed by atoms with E-state index in [0.717, 1.165) is 67.3 Å². The summed E-state index contributed by atoms with van der Waals surface area (Å²) in [5.74, 6) is 7.04. The maximum absolute atomic E-state index is 13.5. The van der Waals surface area contributed by atoms with E-state index in [9.17, 15) is 26.5 Å². The number of piperidine rings is 1. The maximum Gasteiger partial charge on any atom is 0.229 e. The number of nitrogens with one attached hydrogen (secondary N) is 2. The first-order chi connectivity index (χ1) is 68.8. The Morgan fingerprint density at radius 3 is 1.30 bits per heavy atom. The molecule has 46 nitrogen and oxygen atoms in total. The molecule has 50 heteroatoms. The molecule has 14 N–H and O–H groups in total. The van der Waals surface area contributed by atoms with Gasteiger partial charge in [-0.1, -0.05) is 17.7 Å². The molecule has 12 aromatic rings. The van der Waals surface area contributed by atoms with E-state index in [1.54, 1.807) is 104 Å². The van der Waals surface area contributed by atoms with Gasteiger partial charge in [-0.15, -0.1) is 0 Å². The fraction of sp³-hybridized carbons (Fsp3) is 0.391. The molecule has 0 aliphatic carbocycles. The van der Waals surface area contributed by atoms with Crippen LogP contribution in [0.3, 0.4) is 0 Å². The first kappa shape index (κ1) is 101. The number of halogens is 2. The number of anilines is 16. The Morgan fingerprint density at radius 2 is 0.817 bits per heavy atom. The van der Waals surface area contributed by atoms with Crippen LogP contribution in [-0.2, 0) is 53.0 Å². The van der Waals surface area contributed by atoms with Gasteiger partial charge >= 0.3 is 0 Å². The zero-order valence-electron chi connectivity index (χ0n) is 78.1. The number of rotatable bonds is 21. The molecule has 10 aromatic heterocycles. The largest absolute Gasteiger partial charge is 0.474 e. The zero-order valence-corrected chi connectivity index (χ0v) is 80.5. The van der Waals surface area contributed by atoms with E-state index in [2.05, 4.69) is 106 Å². The molecule has 8 aliphatic rings. The Labute approximate surface area is 823 Å². The normalized spacial score (nSPS) is 16.7. The van der Waals surface area contributed by atoms with Gasteiger partial charge in [0.15, 0.2) is 9.84 Å². The number of nitrogen functional groups attached to an aromatic ring is 6. The quantitative estimate of drug-likeness (QED) is 0.0362. The summed E-state index contributed by atoms with van der Waals surface area (Å²) in [7, 11) is -6.45. The second-order valence-electron chi connectivity index (χ2n) is 33.3. The van der Waals surface area contributed by atoms with Crippen molar-refractivity contribution < 1.29 is 63.9 Å². The lowest BCUT2D eigenvalue weighted by molar-refractivity contribution is 0.0237. The minimum absolute atomic E-state index is 0.0500. The van der Waals surface area contributed by atoms with Gasteiger partial charge in [0.1, 0.15) is 64.8 Å². The van der Waals surface area contributed by atoms with Gasteiger partial charge in [0.05, 0.1) is 148 Å². The third kappa shape index (κ3) is 27.8. The Morgan fingerprint density at radius 1 is 0.394 bits per heavy atom. The number of pyridine rings is 3. The summed E-state index contributed by atoms with van der Waals surface area (Å²) in [6, 6.07) is 30.7. The topological polar surface area (TPSA) is 597 Å². The molecule has 8 fully saturated rings. The van der Waals surface area contributed by atoms with Crippen molar-refractivity contribution in [2.75, 3.05) is 271 Å². The van der Waals surface area contributed by atoms with Gasteiger partial charge in [-0.3, -0.25) is 0 Å². The molecule has 0 radical (unpaired) electrons. The number of sulfone groups is 1. The molecule has 0 saturated carbocycles. The predicted octanol–water partition coefficient (Wildman–Crippen LogP) is 6.91. The number of morpholine rings is 6. The number of ether oxygens (including phenoxy) is 9. The number of hydrogen-bond acceptors (Lipinski definition) is 45. The molecule has 0 atom stereocenters. The SMILES string of the molecule is CS(=O)(=O)N1CCC(Oc2cc(-c3cnc(N)nc3N)nc(N3CCOCC3)n2)CC1.CS(=O)(=O)c1ccc(Nc2cc(-c3ccc(N)nc3)nc(N3CCOCC3)n2)cc1.N#Cc1cc(N)ncc1-c1cc(OC2CCOCC2)nc(N2CCOCC2)n1.Nc1cc(Cl)c(-c2cc(N3CCOCC3)nc(N3CCOCC3)n2)cn1.Nc1ncc(-c2cc(Nc3cccc(F)c3)nc(N3CCOCC3)n2)cn1. The Bertz CT molecular complexity index is 6530. The number of sulfonamides is 1. The lowest BCUT2D eigenvalue weighted by Gasteiger charge is -2.31. The zero-order chi connectivity index (χ0) is 99.1. The van der Waals surface area contributed by atoms with Crippen LogP contribution in [-0.4, -0.2) is 315 Å². The van der Waals surface area contributed by atoms with Crippen LogP contribution in [0.15, 0.2) is 145 Å². The minimum atomic E-state index is -3.25. The Balaban J connectivity index is 0.000000128. The summed E-state index contributed by atoms with van der Waals surface area (Å²) in [4.78, 5) is 88.0. The first-order valence-electron chi connectivity index (χ1n) is 45.9. The van der Waals surface area contributed by atoms with E-state index in [1.165, 1.54) is 35.1 Å². The third-order valence-electron chi connectivity index (χ3n) is 23.2. The first-order valence-corrected chi connectivity index (χ1v) is 50.0. The van der Waals surface area contributed by atoms with Gasteiger partial charge in [-0.2, -0.15) is 35.2 Å². The fourth-order valence-corrected chi connectivity index (χ4v) is 17.4. The highest BCUT2D eigenvalue weighted by Gasteiger charge is 2.31. The average Bonchev–Trinajstić information content (AvgIpc) is 0.805. The van der Waals surface area contributed by atoms with E-state index in [0.29, 0.717) is 297 Å². The van der Waals surface area contributed by atoms with Crippen molar-refractivity contribution in [1.82, 2.24) is 89.0 Å². The van der Waals surface area contributed by atoms with Crippen molar-refractivity contribution in [3.05, 3.63) is 157 Å². The van der Waals surface area contributed by atoms with Crippen LogP contribution in [0.1, 0.15) is 31.2 Å². The third-order valence-corrected chi connectivity index (χ3v) is 26.0. The van der Waals surface area contributed by atoms with Gasteiger partial charge < -0.3 is 117 Å². The van der Waals surface area contributed by atoms with Crippen LogP contribution in [0.4, 0.5) is 98.1 Å². The van der Waals surface area contributed by atoms with Gasteiger partial charge in [0, 0.05) is 212 Å². The standard InChI is InChI=1S/C20H22N6O3S.C19H22N6O3.C18H18FN7O.C18H26N8O4S.C17H21ClN6O2/c1-30(27,28)16-5-3-15(4-6-16)23-19-12-17(14-2-7-18(21)22-13-14)24-20(25-19)26-8-10-29-11-9-26;20-11-13-9-17(21)22-12-15(13)16-10-18(28-14-1-5-26-6-2-14)24-19(23-16)25-3-7-27-8-4-25;19-13-2-1-3-14(8-13)23-16-9-15(12-10-21-17(20)22-11-12)24-18(25-16)26-4-6-27-7-5-26;1-31(27,28)26-4-2-12(3-5-26)30-15-10-14(13-11-21-17(20)24-16(13)19)22-18(23-15)25-6-8-29-9-7-25;18-13-9-15(19)20-11-12(13)14-10-16(23-1-5-25-6-2-23)22-17(21-14)24-3-7-26-8-4-24/h2-7,12-13H,8-11H2,1H3,(H2,21,22)(H,23,24,25);9-10,12,14H,1-8H2,(H2,21,22);1-3,8-11H,4-7H2,(H2,20,21,22)(H,23,24,25);10-12H,2-9H2,1H3,(H4,19,20,21,24);9-11H,1-8H2,(H2,19,20). The molecule has 0 spiro atoms. The number of nitriles is 1. The predicted molar refractivity (Wildman–Crippen MR) is 533 cm³/mol. The molecule has 142 heavy (non-hydrogen) atoms. The lowest BCUT2D eigenvalue weighted by atomic mass is 10.1. The van der Waals surface area contributed by atoms with Crippen LogP contribution < -0.4 is 83.9 Å². The van der Waals surface area contributed by atoms with Crippen LogP contribution in [0.2, 0.25) is 5.02 Å². The average molecular weight is 2000 g/mol. The van der Waals surface area contributed by atoms with Gasteiger partial charge in [-0.25, -0.2) is 80.4 Å². The van der Waals surface area contributed by atoms with Crippen molar-refractivity contribution in [3.8, 4) is 74.1 Å². The summed E-state index contributed by atoms with van der Waals surface area (Å²) in [6.07, 6.45) is 14.7. The summed E-state index contributed by atoms with van der Waals surface area (Å²) in [6.45, 7) is 18.4. The molecule has 746 valence electrons. The van der Waals surface area contributed by atoms with Crippen LogP contribution in [0.25, 0.3) is 56.3 Å². The molecule has 2 aromatic carbocycles. The maximum atomic E-state index is 13.5. The molecule has 8 saturated heterocycles. The van der Waals surface area contributed by atoms with Crippen LogP contribution >= 0.6 is 11.6 Å². The summed E-state index contributed by atoms with van der Waals surface area (Å²) in [5, 5.41) is 16.4. The highest BCUT2D eigenvalue weighted by molar-refractivity contribution is 7.90. The van der Waals surface area contributed by atoms with E-state index in [4.69, 9.17) is 104 Å². The Hall–Kier alpha value is -14.5. The number of hydrogen-bond donors (Lipinski definition) is 8. The van der Waals surface area contributed by atoms with E-state index >= 15 is 0 Å². The molecule has 0 unspecified atom stereocenters. The molecule has 20 rings (SSSR count). The van der Waals surface area contributed by atoms with Gasteiger partial charge in [-0.05, 0) is 79.6 Å². The minimum Gasteiger partial charge on any atom is -0.474 e. The van der Waals surface area contributed by atoms with Gasteiger partial charge in [0.25, 0.3) is 0 Å². The smallest absolute Gasteiger partial charge is 0.229 e. The number of benzene rings is 2. The lowest BCUT2D eigenvalue weighted by Crippen LogP contribution is -2.41. The molecular formula is C92H109ClFN33O13S2. The highest BCUT2D eigenvalue weighted by Crippen LogP contribution is 2.37. The van der Waals surface area contributed by atoms with Crippen molar-refractivity contribution in [1.29, 1.82) is 5.26 Å². The molecular weight excluding hydrogens is 1890 g/mol. The molecule has 8 aliphatic heterocycles. The van der Waals surface area contributed by atoms with E-state index in [1.807, 2.05) is 28.0 Å². The summed E-state index contributed by atoms with van der Waals surface area (Å²) < 4.78 is 112. The number of nitrogens with two attached hydrogens (primary N) is 6. The van der Waals surface area contributed by atoms with Gasteiger partial charge in [0.2, 0.25) is 63.4 Å². The van der Waals surface area contributed by atoms with E-state index < -0.39 is 19.9 Å². The van der Waals surface area contributed by atoms with Crippen molar-refractivity contribution >= 4 is 125 Å². The second-order valence-corrected chi connectivity index (χ2v) is 37.7. The highest BCUT2D eigenvalue weighted by atomic mass is 35.5. The van der Waals surface area contributed by atoms with Crippen molar-refractivity contribution in [2.45, 2.75) is 42.8 Å². The monoisotopic (exact) mass is 2000 g/mol. The second kappa shape index (κ2) is 47.7. The van der Waals surface area contributed by atoms with Crippen molar-refractivity contribution in [3.63, 3.8) is 0 Å². The number of nitrogens with zero attached hydrogens (tertiary/aromatic N) is 25. The summed E-state index contributed by atoms with van der Waals surface area (Å²) >= 11 is 6.39. The van der Waals surface area contributed by atoms with Crippen LogP contribution in [0.5, 0.6) is 11.8 Å². The Kier molecular flexibility index (Phi) is 33.7.